The van der Waals surface area contributed by atoms with Gasteiger partial charge in [-0.3, -0.25) is 14.4 Å². The number of carbonyl (C=O) groups is 4. The maximum absolute atomic E-state index is 12.3. The standard InChI is InChI=1S/C12H19N3O6/c13-6-9(16)14-7(3-4-10(17)18)11(19)15-5-1-2-8(15)12(20)21/h7-8H,1-6,13H2,(H,14,16)(H,17,18)(H,20,21)/t7-,8+/m0/s1. The summed E-state index contributed by atoms with van der Waals surface area (Å²) >= 11 is 0. The molecule has 0 bridgehead atoms. The fourth-order valence-corrected chi connectivity index (χ4v) is 2.27. The molecule has 5 N–H and O–H groups in total. The number of rotatable bonds is 7. The molecule has 9 heteroatoms. The Morgan fingerprint density at radius 3 is 2.48 bits per heavy atom. The Labute approximate surface area is 121 Å². The zero-order chi connectivity index (χ0) is 16.0. The summed E-state index contributed by atoms with van der Waals surface area (Å²) in [5, 5.41) is 20.1. The molecule has 0 saturated carbocycles. The molecule has 0 aliphatic carbocycles. The zero-order valence-corrected chi connectivity index (χ0v) is 11.4. The van der Waals surface area contributed by atoms with Crippen LogP contribution in [-0.4, -0.2) is 64.0 Å². The first kappa shape index (κ1) is 16.9. The average molecular weight is 301 g/mol. The number of carboxylic acids is 2. The van der Waals surface area contributed by atoms with Crippen LogP contribution in [0.25, 0.3) is 0 Å². The lowest BCUT2D eigenvalue weighted by Gasteiger charge is -2.27. The van der Waals surface area contributed by atoms with Crippen molar-refractivity contribution in [3.05, 3.63) is 0 Å². The van der Waals surface area contributed by atoms with E-state index in [1.165, 1.54) is 4.90 Å². The second-order valence-electron chi connectivity index (χ2n) is 4.78. The van der Waals surface area contributed by atoms with Gasteiger partial charge in [-0.2, -0.15) is 0 Å². The molecule has 1 aliphatic heterocycles. The number of nitrogens with two attached hydrogens (primary N) is 1. The number of amides is 2. The third-order valence-electron chi connectivity index (χ3n) is 3.29. The largest absolute Gasteiger partial charge is 0.481 e. The summed E-state index contributed by atoms with van der Waals surface area (Å²) in [7, 11) is 0. The van der Waals surface area contributed by atoms with Crippen LogP contribution in [0.3, 0.4) is 0 Å². The van der Waals surface area contributed by atoms with Crippen molar-refractivity contribution in [3.8, 4) is 0 Å². The highest BCUT2D eigenvalue weighted by Crippen LogP contribution is 2.19. The number of nitrogens with zero attached hydrogens (tertiary/aromatic N) is 1. The van der Waals surface area contributed by atoms with E-state index in [9.17, 15) is 19.2 Å². The number of nitrogens with one attached hydrogen (secondary N) is 1. The van der Waals surface area contributed by atoms with Gasteiger partial charge in [0.15, 0.2) is 0 Å². The highest BCUT2D eigenvalue weighted by Gasteiger charge is 2.37. The van der Waals surface area contributed by atoms with E-state index in [-0.39, 0.29) is 25.9 Å². The van der Waals surface area contributed by atoms with Gasteiger partial charge in [-0.25, -0.2) is 4.79 Å². The van der Waals surface area contributed by atoms with Crippen molar-refractivity contribution in [2.75, 3.05) is 13.1 Å². The van der Waals surface area contributed by atoms with Crippen LogP contribution in [0.4, 0.5) is 0 Å². The fourth-order valence-electron chi connectivity index (χ4n) is 2.27. The Morgan fingerprint density at radius 1 is 1.29 bits per heavy atom. The van der Waals surface area contributed by atoms with Crippen LogP contribution in [0.2, 0.25) is 0 Å². The number of hydrogen-bond donors (Lipinski definition) is 4. The van der Waals surface area contributed by atoms with E-state index in [4.69, 9.17) is 15.9 Å². The molecule has 0 spiro atoms. The lowest BCUT2D eigenvalue weighted by Crippen LogP contribution is -2.52. The van der Waals surface area contributed by atoms with Crippen LogP contribution in [0.5, 0.6) is 0 Å². The molecule has 0 aromatic rings. The maximum atomic E-state index is 12.3. The van der Waals surface area contributed by atoms with Crippen molar-refractivity contribution in [3.63, 3.8) is 0 Å². The summed E-state index contributed by atoms with van der Waals surface area (Å²) in [4.78, 5) is 46.5. The normalized spacial score (nSPS) is 19.1. The summed E-state index contributed by atoms with van der Waals surface area (Å²) in [5.41, 5.74) is 5.16. The van der Waals surface area contributed by atoms with Gasteiger partial charge in [0.2, 0.25) is 11.8 Å². The molecule has 1 saturated heterocycles. The first-order valence-electron chi connectivity index (χ1n) is 6.61. The molecule has 0 radical (unpaired) electrons. The van der Waals surface area contributed by atoms with E-state index in [1.54, 1.807) is 0 Å². The number of likely N-dealkylation sites (tertiary alicyclic amines) is 1. The lowest BCUT2D eigenvalue weighted by molar-refractivity contribution is -0.149. The molecule has 0 aromatic carbocycles. The maximum Gasteiger partial charge on any atom is 0.326 e. The molecule has 1 fully saturated rings. The van der Waals surface area contributed by atoms with Gasteiger partial charge in [-0.05, 0) is 19.3 Å². The van der Waals surface area contributed by atoms with Crippen LogP contribution in [0, 0.1) is 0 Å². The monoisotopic (exact) mass is 301 g/mol. The molecule has 1 heterocycles. The van der Waals surface area contributed by atoms with Crippen molar-refractivity contribution in [1.82, 2.24) is 10.2 Å². The molecular formula is C12H19N3O6. The van der Waals surface area contributed by atoms with Crippen LogP contribution in [0.1, 0.15) is 25.7 Å². The van der Waals surface area contributed by atoms with Crippen molar-refractivity contribution in [2.24, 2.45) is 5.73 Å². The van der Waals surface area contributed by atoms with Crippen molar-refractivity contribution < 1.29 is 29.4 Å². The van der Waals surface area contributed by atoms with E-state index in [0.717, 1.165) is 0 Å². The van der Waals surface area contributed by atoms with E-state index in [0.29, 0.717) is 12.8 Å². The van der Waals surface area contributed by atoms with Crippen molar-refractivity contribution >= 4 is 23.8 Å². The fraction of sp³-hybridized carbons (Fsp3) is 0.667. The van der Waals surface area contributed by atoms with Gasteiger partial charge in [-0.1, -0.05) is 0 Å². The predicted molar refractivity (Wildman–Crippen MR) is 70.2 cm³/mol. The Morgan fingerprint density at radius 2 is 1.95 bits per heavy atom. The second kappa shape index (κ2) is 7.58. The van der Waals surface area contributed by atoms with Gasteiger partial charge < -0.3 is 26.2 Å². The third kappa shape index (κ3) is 4.71. The van der Waals surface area contributed by atoms with Gasteiger partial charge in [-0.15, -0.1) is 0 Å². The minimum Gasteiger partial charge on any atom is -0.481 e. The van der Waals surface area contributed by atoms with Gasteiger partial charge in [0.05, 0.1) is 6.54 Å². The van der Waals surface area contributed by atoms with Gasteiger partial charge in [0.25, 0.3) is 0 Å². The topological polar surface area (TPSA) is 150 Å². The van der Waals surface area contributed by atoms with Crippen molar-refractivity contribution in [1.29, 1.82) is 0 Å². The molecule has 0 aromatic heterocycles. The average Bonchev–Trinajstić information content (AvgIpc) is 2.91. The van der Waals surface area contributed by atoms with E-state index < -0.39 is 35.8 Å². The highest BCUT2D eigenvalue weighted by molar-refractivity contribution is 5.91. The van der Waals surface area contributed by atoms with Crippen LogP contribution < -0.4 is 11.1 Å². The molecule has 118 valence electrons. The zero-order valence-electron chi connectivity index (χ0n) is 11.4. The van der Waals surface area contributed by atoms with Crippen LogP contribution in [0.15, 0.2) is 0 Å². The Balaban J connectivity index is 2.79. The van der Waals surface area contributed by atoms with Gasteiger partial charge in [0.1, 0.15) is 12.1 Å². The summed E-state index contributed by atoms with van der Waals surface area (Å²) in [6.07, 6.45) is 0.479. The van der Waals surface area contributed by atoms with E-state index in [2.05, 4.69) is 5.32 Å². The second-order valence-corrected chi connectivity index (χ2v) is 4.78. The van der Waals surface area contributed by atoms with E-state index in [1.807, 2.05) is 0 Å². The summed E-state index contributed by atoms with van der Waals surface area (Å²) in [6, 6.07) is -2.00. The molecular weight excluding hydrogens is 282 g/mol. The molecule has 0 unspecified atom stereocenters. The SMILES string of the molecule is NCC(=O)N[C@@H](CCC(=O)O)C(=O)N1CCC[C@@H]1C(=O)O. The summed E-state index contributed by atoms with van der Waals surface area (Å²) < 4.78 is 0. The molecule has 2 atom stereocenters. The van der Waals surface area contributed by atoms with Crippen molar-refractivity contribution in [2.45, 2.75) is 37.8 Å². The molecule has 2 amide bonds. The number of aliphatic carboxylic acids is 2. The quantitative estimate of drug-likeness (QED) is 0.441. The molecule has 1 rings (SSSR count). The highest BCUT2D eigenvalue weighted by atomic mass is 16.4. The van der Waals surface area contributed by atoms with Gasteiger partial charge in [0, 0.05) is 13.0 Å². The molecule has 9 nitrogen and oxygen atoms in total. The summed E-state index contributed by atoms with van der Waals surface area (Å²) in [6.45, 7) is -0.0585. The Hall–Kier alpha value is -2.16. The third-order valence-corrected chi connectivity index (χ3v) is 3.29. The molecule has 1 aliphatic rings. The van der Waals surface area contributed by atoms with Crippen LogP contribution in [-0.2, 0) is 19.2 Å². The number of carboxylic acid groups (broad SMARTS) is 2. The first-order valence-corrected chi connectivity index (χ1v) is 6.61. The number of carbonyl (C=O) groups excluding carboxylic acids is 2. The predicted octanol–water partition coefficient (Wildman–Crippen LogP) is -1.63. The Kier molecular flexibility index (Phi) is 6.10. The summed E-state index contributed by atoms with van der Waals surface area (Å²) in [5.74, 6) is -3.39. The Bertz CT molecular complexity index is 439. The minimum atomic E-state index is -1.11. The first-order chi connectivity index (χ1) is 9.86. The number of hydrogen-bond acceptors (Lipinski definition) is 5. The molecule has 21 heavy (non-hydrogen) atoms. The van der Waals surface area contributed by atoms with Gasteiger partial charge >= 0.3 is 11.9 Å². The van der Waals surface area contributed by atoms with E-state index >= 15 is 0 Å². The smallest absolute Gasteiger partial charge is 0.326 e. The minimum absolute atomic E-state index is 0.108. The van der Waals surface area contributed by atoms with Crippen LogP contribution >= 0.6 is 0 Å². The lowest BCUT2D eigenvalue weighted by atomic mass is 10.1.